The zero-order chi connectivity index (χ0) is 14.6. The van der Waals surface area contributed by atoms with Gasteiger partial charge in [0.15, 0.2) is 5.69 Å². The van der Waals surface area contributed by atoms with Gasteiger partial charge in [-0.3, -0.25) is 0 Å². The first-order chi connectivity index (χ1) is 9.59. The van der Waals surface area contributed by atoms with Crippen molar-refractivity contribution in [1.82, 2.24) is 9.88 Å². The molecule has 6 heteroatoms. The van der Waals surface area contributed by atoms with E-state index in [-0.39, 0.29) is 11.5 Å². The molecule has 1 aliphatic rings. The Morgan fingerprint density at radius 2 is 2.20 bits per heavy atom. The summed E-state index contributed by atoms with van der Waals surface area (Å²) < 4.78 is 5.03. The fourth-order valence-electron chi connectivity index (χ4n) is 2.78. The molecule has 1 fully saturated rings. The molecular weight excluding hydrogens is 274 g/mol. The molecule has 0 aromatic carbocycles. The van der Waals surface area contributed by atoms with E-state index < -0.39 is 0 Å². The van der Waals surface area contributed by atoms with E-state index in [4.69, 9.17) is 4.74 Å². The van der Waals surface area contributed by atoms with Crippen LogP contribution in [0.5, 0.6) is 0 Å². The number of nitrogens with zero attached hydrogens (tertiary/aromatic N) is 2. The fraction of sp³-hybridized carbons (Fsp3) is 0.714. The van der Waals surface area contributed by atoms with Crippen molar-refractivity contribution in [3.8, 4) is 0 Å². The molecular formula is C14H23N3O2S. The maximum absolute atomic E-state index is 11.8. The topological polar surface area (TPSA) is 54.5 Å². The minimum absolute atomic E-state index is 0.190. The van der Waals surface area contributed by atoms with E-state index >= 15 is 0 Å². The van der Waals surface area contributed by atoms with E-state index in [9.17, 15) is 4.79 Å². The normalized spacial score (nSPS) is 17.4. The molecule has 1 saturated carbocycles. The molecule has 0 atom stereocenters. The zero-order valence-corrected chi connectivity index (χ0v) is 13.3. The quantitative estimate of drug-likeness (QED) is 0.818. The largest absolute Gasteiger partial charge is 0.461 e. The van der Waals surface area contributed by atoms with Gasteiger partial charge in [0.2, 0.25) is 0 Å². The Balaban J connectivity index is 2.04. The van der Waals surface area contributed by atoms with E-state index in [0.717, 1.165) is 11.5 Å². The summed E-state index contributed by atoms with van der Waals surface area (Å²) in [5.74, 6) is -0.346. The maximum Gasteiger partial charge on any atom is 0.360 e. The van der Waals surface area contributed by atoms with Crippen LogP contribution in [-0.2, 0) is 4.74 Å². The highest BCUT2D eigenvalue weighted by Crippen LogP contribution is 2.34. The third-order valence-electron chi connectivity index (χ3n) is 4.10. The highest BCUT2D eigenvalue weighted by Gasteiger charge is 2.36. The van der Waals surface area contributed by atoms with Crippen LogP contribution < -0.4 is 5.32 Å². The van der Waals surface area contributed by atoms with Gasteiger partial charge in [-0.15, -0.1) is 11.3 Å². The standard InChI is InChI=1S/C14H23N3O2S/c1-4-19-13(18)11-12(20-10-16-11)15-9-14(17(2)3)7-5-6-8-14/h10,15H,4-9H2,1-3H3. The van der Waals surface area contributed by atoms with Gasteiger partial charge in [0.1, 0.15) is 5.00 Å². The van der Waals surface area contributed by atoms with Crippen molar-refractivity contribution < 1.29 is 9.53 Å². The average molecular weight is 297 g/mol. The van der Waals surface area contributed by atoms with Crippen LogP contribution in [-0.4, -0.2) is 48.6 Å². The SMILES string of the molecule is CCOC(=O)c1ncsc1NCC1(N(C)C)CCCC1. The summed E-state index contributed by atoms with van der Waals surface area (Å²) >= 11 is 1.46. The minimum atomic E-state index is -0.346. The van der Waals surface area contributed by atoms with Crippen LogP contribution in [0.4, 0.5) is 5.00 Å². The van der Waals surface area contributed by atoms with Crippen molar-refractivity contribution in [2.45, 2.75) is 38.1 Å². The Labute approximate surface area is 124 Å². The van der Waals surface area contributed by atoms with Gasteiger partial charge in [-0.1, -0.05) is 12.8 Å². The Hall–Kier alpha value is -1.14. The van der Waals surface area contributed by atoms with Crippen LogP contribution in [0, 0.1) is 0 Å². The molecule has 1 aliphatic carbocycles. The van der Waals surface area contributed by atoms with Crippen LogP contribution in [0.25, 0.3) is 0 Å². The Kier molecular flexibility index (Phi) is 4.99. The van der Waals surface area contributed by atoms with Crippen molar-refractivity contribution in [2.24, 2.45) is 0 Å². The second-order valence-electron chi connectivity index (χ2n) is 5.43. The van der Waals surface area contributed by atoms with Crippen molar-refractivity contribution in [2.75, 3.05) is 32.6 Å². The maximum atomic E-state index is 11.8. The highest BCUT2D eigenvalue weighted by atomic mass is 32.1. The van der Waals surface area contributed by atoms with Gasteiger partial charge < -0.3 is 15.0 Å². The smallest absolute Gasteiger partial charge is 0.360 e. The minimum Gasteiger partial charge on any atom is -0.461 e. The lowest BCUT2D eigenvalue weighted by atomic mass is 9.96. The molecule has 0 radical (unpaired) electrons. The summed E-state index contributed by atoms with van der Waals surface area (Å²) in [5.41, 5.74) is 2.28. The number of esters is 1. The van der Waals surface area contributed by atoms with Crippen LogP contribution >= 0.6 is 11.3 Å². The Bertz CT molecular complexity index is 453. The van der Waals surface area contributed by atoms with E-state index in [0.29, 0.717) is 12.3 Å². The van der Waals surface area contributed by atoms with Gasteiger partial charge in [-0.2, -0.15) is 0 Å². The lowest BCUT2D eigenvalue weighted by Gasteiger charge is -2.36. The van der Waals surface area contributed by atoms with Crippen LogP contribution in [0.1, 0.15) is 43.1 Å². The van der Waals surface area contributed by atoms with Gasteiger partial charge >= 0.3 is 5.97 Å². The Morgan fingerprint density at radius 3 is 2.80 bits per heavy atom. The van der Waals surface area contributed by atoms with E-state index in [1.807, 2.05) is 0 Å². The van der Waals surface area contributed by atoms with Gasteiger partial charge in [-0.05, 0) is 33.9 Å². The number of carbonyl (C=O) groups excluding carboxylic acids is 1. The summed E-state index contributed by atoms with van der Waals surface area (Å²) in [6, 6.07) is 0. The zero-order valence-electron chi connectivity index (χ0n) is 12.4. The molecule has 0 bridgehead atoms. The molecule has 112 valence electrons. The third kappa shape index (κ3) is 3.12. The van der Waals surface area contributed by atoms with Gasteiger partial charge in [0, 0.05) is 12.1 Å². The first kappa shape index (κ1) is 15.3. The molecule has 0 amide bonds. The number of carbonyl (C=O) groups is 1. The van der Waals surface area contributed by atoms with Crippen molar-refractivity contribution >= 4 is 22.3 Å². The van der Waals surface area contributed by atoms with Gasteiger partial charge in [-0.25, -0.2) is 9.78 Å². The van der Waals surface area contributed by atoms with Crippen LogP contribution in [0.3, 0.4) is 0 Å². The number of anilines is 1. The van der Waals surface area contributed by atoms with E-state index in [2.05, 4.69) is 29.3 Å². The number of hydrogen-bond acceptors (Lipinski definition) is 6. The van der Waals surface area contributed by atoms with Crippen LogP contribution in [0.15, 0.2) is 5.51 Å². The molecule has 1 N–H and O–H groups in total. The predicted octanol–water partition coefficient (Wildman–Crippen LogP) is 2.61. The predicted molar refractivity (Wildman–Crippen MR) is 81.4 cm³/mol. The van der Waals surface area contributed by atoms with Crippen LogP contribution in [0.2, 0.25) is 0 Å². The molecule has 20 heavy (non-hydrogen) atoms. The molecule has 2 rings (SSSR count). The summed E-state index contributed by atoms with van der Waals surface area (Å²) in [4.78, 5) is 18.2. The first-order valence-electron chi connectivity index (χ1n) is 7.11. The number of aromatic nitrogens is 1. The number of likely N-dealkylation sites (N-methyl/N-ethyl adjacent to an activating group) is 1. The fourth-order valence-corrected chi connectivity index (χ4v) is 3.44. The molecule has 0 spiro atoms. The molecule has 1 aromatic heterocycles. The van der Waals surface area contributed by atoms with Gasteiger partial charge in [0.25, 0.3) is 0 Å². The average Bonchev–Trinajstić information content (AvgIpc) is 3.06. The molecule has 0 unspecified atom stereocenters. The van der Waals surface area contributed by atoms with Gasteiger partial charge in [0.05, 0.1) is 12.1 Å². The van der Waals surface area contributed by atoms with Crippen molar-refractivity contribution in [3.05, 3.63) is 11.2 Å². The molecule has 0 saturated heterocycles. The second kappa shape index (κ2) is 6.54. The number of thiazole rings is 1. The molecule has 1 aromatic rings. The lowest BCUT2D eigenvalue weighted by Crippen LogP contribution is -2.47. The van der Waals surface area contributed by atoms with E-state index in [1.165, 1.54) is 37.0 Å². The number of rotatable bonds is 6. The number of ether oxygens (including phenoxy) is 1. The Morgan fingerprint density at radius 1 is 1.50 bits per heavy atom. The van der Waals surface area contributed by atoms with Crippen molar-refractivity contribution in [3.63, 3.8) is 0 Å². The highest BCUT2D eigenvalue weighted by molar-refractivity contribution is 7.14. The first-order valence-corrected chi connectivity index (χ1v) is 7.99. The van der Waals surface area contributed by atoms with E-state index in [1.54, 1.807) is 12.4 Å². The molecule has 5 nitrogen and oxygen atoms in total. The number of nitrogens with one attached hydrogen (secondary N) is 1. The lowest BCUT2D eigenvalue weighted by molar-refractivity contribution is 0.0521. The monoisotopic (exact) mass is 297 g/mol. The van der Waals surface area contributed by atoms with Crippen molar-refractivity contribution in [1.29, 1.82) is 0 Å². The third-order valence-corrected chi connectivity index (χ3v) is 4.88. The molecule has 1 heterocycles. The molecule has 0 aliphatic heterocycles. The summed E-state index contributed by atoms with van der Waals surface area (Å²) in [6.45, 7) is 3.02. The summed E-state index contributed by atoms with van der Waals surface area (Å²) in [5, 5.41) is 4.23. The summed E-state index contributed by atoms with van der Waals surface area (Å²) in [6.07, 6.45) is 4.93. The second-order valence-corrected chi connectivity index (χ2v) is 6.28. The number of hydrogen-bond donors (Lipinski definition) is 1. The summed E-state index contributed by atoms with van der Waals surface area (Å²) in [7, 11) is 4.26.